The highest BCUT2D eigenvalue weighted by Crippen LogP contribution is 2.31. The first kappa shape index (κ1) is 17.2. The molecule has 0 bridgehead atoms. The zero-order valence-electron chi connectivity index (χ0n) is 13.3. The molecule has 0 radical (unpaired) electrons. The maximum Gasteiger partial charge on any atom is 0.270 e. The summed E-state index contributed by atoms with van der Waals surface area (Å²) in [5.74, 6) is 0. The van der Waals surface area contributed by atoms with Gasteiger partial charge < -0.3 is 10.2 Å². The Morgan fingerprint density at radius 2 is 1.92 bits per heavy atom. The third-order valence-electron chi connectivity index (χ3n) is 4.13. The summed E-state index contributed by atoms with van der Waals surface area (Å²) < 4.78 is 23.7. The van der Waals surface area contributed by atoms with Crippen LogP contribution in [-0.2, 0) is 10.0 Å². The van der Waals surface area contributed by atoms with Crippen LogP contribution in [0.4, 0.5) is 17.1 Å². The first-order valence-electron chi connectivity index (χ1n) is 7.72. The van der Waals surface area contributed by atoms with E-state index in [4.69, 9.17) is 5.14 Å². The zero-order chi connectivity index (χ0) is 18.0. The monoisotopic (exact) mass is 362 g/mol. The minimum Gasteiger partial charge on any atom is -0.380 e. The molecule has 2 aromatic carbocycles. The first-order valence-corrected chi connectivity index (χ1v) is 9.27. The molecule has 132 valence electrons. The van der Waals surface area contributed by atoms with Crippen molar-refractivity contribution in [1.29, 1.82) is 0 Å². The van der Waals surface area contributed by atoms with E-state index < -0.39 is 14.9 Å². The van der Waals surface area contributed by atoms with Crippen LogP contribution < -0.4 is 15.4 Å². The molecular formula is C16H18N4O4S. The largest absolute Gasteiger partial charge is 0.380 e. The molecule has 0 saturated carbocycles. The van der Waals surface area contributed by atoms with Crippen LogP contribution in [0.3, 0.4) is 0 Å². The number of hydrogen-bond donors (Lipinski definition) is 2. The lowest BCUT2D eigenvalue weighted by molar-refractivity contribution is -0.385. The Balaban J connectivity index is 1.84. The molecule has 0 aromatic heterocycles. The van der Waals surface area contributed by atoms with E-state index in [9.17, 15) is 18.5 Å². The van der Waals surface area contributed by atoms with Crippen LogP contribution in [0.5, 0.6) is 0 Å². The number of nitrogens with two attached hydrogens (primary N) is 1. The summed E-state index contributed by atoms with van der Waals surface area (Å²) in [6, 6.07) is 13.6. The molecule has 1 fully saturated rings. The molecule has 3 rings (SSSR count). The Morgan fingerprint density at radius 1 is 1.20 bits per heavy atom. The predicted molar refractivity (Wildman–Crippen MR) is 95.2 cm³/mol. The highest BCUT2D eigenvalue weighted by Gasteiger charge is 2.28. The Bertz CT molecular complexity index is 886. The third kappa shape index (κ3) is 3.89. The van der Waals surface area contributed by atoms with Crippen LogP contribution in [0.2, 0.25) is 0 Å². The minimum absolute atomic E-state index is 0.144. The van der Waals surface area contributed by atoms with Gasteiger partial charge in [-0.05, 0) is 24.6 Å². The van der Waals surface area contributed by atoms with Crippen molar-refractivity contribution in [2.45, 2.75) is 17.4 Å². The van der Waals surface area contributed by atoms with Gasteiger partial charge in [0.1, 0.15) is 4.90 Å². The minimum atomic E-state index is -4.07. The van der Waals surface area contributed by atoms with Gasteiger partial charge in [-0.2, -0.15) is 0 Å². The van der Waals surface area contributed by atoms with E-state index in [1.165, 1.54) is 12.1 Å². The number of nitro groups is 1. The van der Waals surface area contributed by atoms with Crippen molar-refractivity contribution in [3.63, 3.8) is 0 Å². The molecule has 8 nitrogen and oxygen atoms in total. The van der Waals surface area contributed by atoms with E-state index in [2.05, 4.69) is 5.32 Å². The summed E-state index contributed by atoms with van der Waals surface area (Å²) in [4.78, 5) is 11.9. The number of para-hydroxylation sites is 1. The molecule has 2 aromatic rings. The second-order valence-corrected chi connectivity index (χ2v) is 7.43. The van der Waals surface area contributed by atoms with Crippen molar-refractivity contribution in [3.05, 3.63) is 58.6 Å². The van der Waals surface area contributed by atoms with E-state index in [1.807, 2.05) is 35.2 Å². The van der Waals surface area contributed by atoms with Gasteiger partial charge in [0.25, 0.3) is 5.69 Å². The molecular weight excluding hydrogens is 344 g/mol. The first-order chi connectivity index (χ1) is 11.8. The number of benzene rings is 2. The van der Waals surface area contributed by atoms with E-state index in [-0.39, 0.29) is 16.6 Å². The number of anilines is 2. The SMILES string of the molecule is NS(=O)(=O)c1cc([N+](=O)[O-])ccc1N1CCC(Nc2ccccc2)C1. The number of primary sulfonamides is 1. The van der Waals surface area contributed by atoms with Crippen molar-refractivity contribution in [3.8, 4) is 0 Å². The zero-order valence-corrected chi connectivity index (χ0v) is 14.1. The van der Waals surface area contributed by atoms with E-state index in [0.29, 0.717) is 18.8 Å². The Labute approximate surface area is 145 Å². The molecule has 25 heavy (non-hydrogen) atoms. The molecule has 3 N–H and O–H groups in total. The molecule has 0 spiro atoms. The van der Waals surface area contributed by atoms with Gasteiger partial charge in [-0.3, -0.25) is 10.1 Å². The molecule has 1 aliphatic rings. The van der Waals surface area contributed by atoms with Gasteiger partial charge in [-0.1, -0.05) is 18.2 Å². The molecule has 1 atom stereocenters. The maximum absolute atomic E-state index is 11.9. The fourth-order valence-electron chi connectivity index (χ4n) is 2.97. The van der Waals surface area contributed by atoms with Crippen LogP contribution in [0.25, 0.3) is 0 Å². The number of nitro benzene ring substituents is 1. The Hall–Kier alpha value is -2.65. The molecule has 1 aliphatic heterocycles. The van der Waals surface area contributed by atoms with Gasteiger partial charge in [-0.15, -0.1) is 0 Å². The Morgan fingerprint density at radius 3 is 2.56 bits per heavy atom. The van der Waals surface area contributed by atoms with Gasteiger partial charge in [-0.25, -0.2) is 13.6 Å². The Kier molecular flexibility index (Phi) is 4.60. The summed E-state index contributed by atoms with van der Waals surface area (Å²) >= 11 is 0. The van der Waals surface area contributed by atoms with Crippen LogP contribution in [-0.4, -0.2) is 32.5 Å². The maximum atomic E-state index is 11.9. The average Bonchev–Trinajstić information content (AvgIpc) is 3.02. The summed E-state index contributed by atoms with van der Waals surface area (Å²) in [5.41, 5.74) is 1.08. The van der Waals surface area contributed by atoms with Gasteiger partial charge >= 0.3 is 0 Å². The fraction of sp³-hybridized carbons (Fsp3) is 0.250. The van der Waals surface area contributed by atoms with Crippen molar-refractivity contribution in [1.82, 2.24) is 0 Å². The lowest BCUT2D eigenvalue weighted by Gasteiger charge is -2.21. The van der Waals surface area contributed by atoms with Gasteiger partial charge in [0.15, 0.2) is 0 Å². The number of rotatable bonds is 5. The second-order valence-electron chi connectivity index (χ2n) is 5.90. The summed E-state index contributed by atoms with van der Waals surface area (Å²) in [7, 11) is -4.07. The predicted octanol–water partition coefficient (Wildman–Crippen LogP) is 1.93. The topological polar surface area (TPSA) is 119 Å². The molecule has 1 saturated heterocycles. The van der Waals surface area contributed by atoms with E-state index in [1.54, 1.807) is 0 Å². The molecule has 1 heterocycles. The molecule has 1 unspecified atom stereocenters. The van der Waals surface area contributed by atoms with Crippen LogP contribution >= 0.6 is 0 Å². The number of nitrogens with zero attached hydrogens (tertiary/aromatic N) is 2. The quantitative estimate of drug-likeness (QED) is 0.620. The number of nitrogens with one attached hydrogen (secondary N) is 1. The van der Waals surface area contributed by atoms with E-state index >= 15 is 0 Å². The van der Waals surface area contributed by atoms with Gasteiger partial charge in [0.2, 0.25) is 10.0 Å². The molecule has 0 amide bonds. The lowest BCUT2D eigenvalue weighted by Crippen LogP contribution is -2.28. The summed E-state index contributed by atoms with van der Waals surface area (Å²) in [6.45, 7) is 1.21. The van der Waals surface area contributed by atoms with Crippen LogP contribution in [0.1, 0.15) is 6.42 Å². The summed E-state index contributed by atoms with van der Waals surface area (Å²) in [5, 5.41) is 19.6. The van der Waals surface area contributed by atoms with Crippen LogP contribution in [0, 0.1) is 10.1 Å². The summed E-state index contributed by atoms with van der Waals surface area (Å²) in [6.07, 6.45) is 0.815. The number of hydrogen-bond acceptors (Lipinski definition) is 6. The van der Waals surface area contributed by atoms with Crippen molar-refractivity contribution in [2.24, 2.45) is 5.14 Å². The van der Waals surface area contributed by atoms with E-state index in [0.717, 1.165) is 18.2 Å². The normalized spacial score (nSPS) is 17.5. The standard InChI is InChI=1S/C16H18N4O4S/c17-25(23,24)16-10-14(20(21)22)6-7-15(16)19-9-8-13(11-19)18-12-4-2-1-3-5-12/h1-7,10,13,18H,8-9,11H2,(H2,17,23,24). The molecule has 0 aliphatic carbocycles. The highest BCUT2D eigenvalue weighted by molar-refractivity contribution is 7.89. The number of non-ortho nitro benzene ring substituents is 1. The van der Waals surface area contributed by atoms with Crippen molar-refractivity contribution in [2.75, 3.05) is 23.3 Å². The van der Waals surface area contributed by atoms with Crippen molar-refractivity contribution < 1.29 is 13.3 Å². The second kappa shape index (κ2) is 6.69. The molecule has 9 heteroatoms. The van der Waals surface area contributed by atoms with Gasteiger partial charge in [0, 0.05) is 37.0 Å². The lowest BCUT2D eigenvalue weighted by atomic mass is 10.2. The average molecular weight is 362 g/mol. The smallest absolute Gasteiger partial charge is 0.270 e. The fourth-order valence-corrected chi connectivity index (χ4v) is 3.75. The van der Waals surface area contributed by atoms with Crippen molar-refractivity contribution >= 4 is 27.1 Å². The highest BCUT2D eigenvalue weighted by atomic mass is 32.2. The number of sulfonamides is 1. The third-order valence-corrected chi connectivity index (χ3v) is 5.07. The van der Waals surface area contributed by atoms with Gasteiger partial charge in [0.05, 0.1) is 10.6 Å². The van der Waals surface area contributed by atoms with Crippen LogP contribution in [0.15, 0.2) is 53.4 Å².